The van der Waals surface area contributed by atoms with Gasteiger partial charge in [-0.25, -0.2) is 0 Å². The lowest BCUT2D eigenvalue weighted by Crippen LogP contribution is -2.43. The molecule has 0 radical (unpaired) electrons. The van der Waals surface area contributed by atoms with E-state index in [9.17, 15) is 9.90 Å². The number of nitrogens with zero attached hydrogens (tertiary/aromatic N) is 1. The Labute approximate surface area is 115 Å². The largest absolute Gasteiger partial charge is 0.508 e. The lowest BCUT2D eigenvalue weighted by atomic mass is 9.96. The Morgan fingerprint density at radius 3 is 2.89 bits per heavy atom. The number of hydrogen-bond donors (Lipinski definition) is 1. The van der Waals surface area contributed by atoms with Gasteiger partial charge in [0, 0.05) is 18.2 Å². The van der Waals surface area contributed by atoms with E-state index in [0.29, 0.717) is 6.04 Å². The van der Waals surface area contributed by atoms with Crippen LogP contribution in [-0.2, 0) is 0 Å². The van der Waals surface area contributed by atoms with Crippen LogP contribution in [0.2, 0.25) is 0 Å². The molecule has 1 fully saturated rings. The predicted octanol–water partition coefficient (Wildman–Crippen LogP) is 3.50. The Hall–Kier alpha value is -1.51. The van der Waals surface area contributed by atoms with Crippen LogP contribution in [0.15, 0.2) is 18.2 Å². The first-order valence-corrected chi connectivity index (χ1v) is 7.24. The van der Waals surface area contributed by atoms with Crippen LogP contribution < -0.4 is 0 Å². The molecule has 0 aromatic heterocycles. The number of hydrogen-bond acceptors (Lipinski definition) is 2. The smallest absolute Gasteiger partial charge is 0.254 e. The molecule has 1 N–H and O–H groups in total. The number of carbonyl (C=O) groups excluding carboxylic acids is 1. The van der Waals surface area contributed by atoms with Crippen LogP contribution in [0.25, 0.3) is 0 Å². The molecule has 3 heteroatoms. The van der Waals surface area contributed by atoms with Gasteiger partial charge in [-0.1, -0.05) is 13.3 Å². The fraction of sp³-hybridized carbons (Fsp3) is 0.562. The minimum atomic E-state index is 0.121. The molecule has 1 heterocycles. The molecule has 1 aromatic carbocycles. The minimum Gasteiger partial charge on any atom is -0.508 e. The van der Waals surface area contributed by atoms with Crippen molar-refractivity contribution in [2.24, 2.45) is 0 Å². The van der Waals surface area contributed by atoms with Crippen molar-refractivity contribution in [3.63, 3.8) is 0 Å². The highest BCUT2D eigenvalue weighted by atomic mass is 16.3. The summed E-state index contributed by atoms with van der Waals surface area (Å²) in [6, 6.07) is 5.38. The highest BCUT2D eigenvalue weighted by Gasteiger charge is 2.27. The quantitative estimate of drug-likeness (QED) is 0.904. The molecule has 0 spiro atoms. The van der Waals surface area contributed by atoms with Crippen LogP contribution in [0.5, 0.6) is 5.75 Å². The number of piperidine rings is 1. The molecule has 0 bridgehead atoms. The number of aryl methyl sites for hydroxylation is 1. The van der Waals surface area contributed by atoms with Crippen LogP contribution in [0.3, 0.4) is 0 Å². The molecule has 0 aliphatic carbocycles. The molecule has 1 aliphatic heterocycles. The topological polar surface area (TPSA) is 40.5 Å². The SMILES string of the molecule is CCCC1CCCCN1C(=O)c1ccc(O)cc1C. The van der Waals surface area contributed by atoms with E-state index >= 15 is 0 Å². The van der Waals surface area contributed by atoms with Crippen LogP contribution >= 0.6 is 0 Å². The number of phenolic OH excluding ortho intramolecular Hbond substituents is 1. The second-order valence-electron chi connectivity index (χ2n) is 5.44. The van der Waals surface area contributed by atoms with E-state index in [4.69, 9.17) is 0 Å². The van der Waals surface area contributed by atoms with Gasteiger partial charge in [0.15, 0.2) is 0 Å². The van der Waals surface area contributed by atoms with Crippen LogP contribution in [0, 0.1) is 6.92 Å². The molecule has 19 heavy (non-hydrogen) atoms. The first-order chi connectivity index (χ1) is 9.13. The molecule has 3 nitrogen and oxygen atoms in total. The zero-order valence-electron chi connectivity index (χ0n) is 11.9. The van der Waals surface area contributed by atoms with Crippen molar-refractivity contribution in [1.82, 2.24) is 4.90 Å². The minimum absolute atomic E-state index is 0.121. The molecule has 2 rings (SSSR count). The fourth-order valence-corrected chi connectivity index (χ4v) is 2.94. The normalized spacial score (nSPS) is 19.5. The summed E-state index contributed by atoms with van der Waals surface area (Å²) in [6.45, 7) is 4.92. The van der Waals surface area contributed by atoms with Gasteiger partial charge in [-0.05, 0) is 56.4 Å². The monoisotopic (exact) mass is 261 g/mol. The molecule has 104 valence electrons. The number of amides is 1. The van der Waals surface area contributed by atoms with Gasteiger partial charge in [-0.3, -0.25) is 4.79 Å². The van der Waals surface area contributed by atoms with Gasteiger partial charge in [-0.2, -0.15) is 0 Å². The summed E-state index contributed by atoms with van der Waals surface area (Å²) in [4.78, 5) is 14.7. The Morgan fingerprint density at radius 1 is 1.42 bits per heavy atom. The molecule has 1 unspecified atom stereocenters. The number of benzene rings is 1. The van der Waals surface area contributed by atoms with Crippen molar-refractivity contribution in [3.8, 4) is 5.75 Å². The summed E-state index contributed by atoms with van der Waals surface area (Å²) < 4.78 is 0. The average Bonchev–Trinajstić information content (AvgIpc) is 2.39. The van der Waals surface area contributed by atoms with Crippen LogP contribution in [0.4, 0.5) is 0 Å². The molecule has 1 aliphatic rings. The average molecular weight is 261 g/mol. The van der Waals surface area contributed by atoms with E-state index in [2.05, 4.69) is 6.92 Å². The first kappa shape index (κ1) is 13.9. The highest BCUT2D eigenvalue weighted by Crippen LogP contribution is 2.25. The second kappa shape index (κ2) is 6.09. The number of phenols is 1. The number of rotatable bonds is 3. The molecule has 1 aromatic rings. The molecule has 1 saturated heterocycles. The van der Waals surface area contributed by atoms with Crippen molar-refractivity contribution in [2.45, 2.75) is 52.0 Å². The van der Waals surface area contributed by atoms with Crippen LogP contribution in [-0.4, -0.2) is 28.5 Å². The zero-order chi connectivity index (χ0) is 13.8. The van der Waals surface area contributed by atoms with Gasteiger partial charge in [0.05, 0.1) is 0 Å². The lowest BCUT2D eigenvalue weighted by molar-refractivity contribution is 0.0600. The third kappa shape index (κ3) is 3.09. The van der Waals surface area contributed by atoms with E-state index < -0.39 is 0 Å². The van der Waals surface area contributed by atoms with E-state index in [-0.39, 0.29) is 11.7 Å². The van der Waals surface area contributed by atoms with Crippen molar-refractivity contribution in [1.29, 1.82) is 0 Å². The molecule has 0 saturated carbocycles. The summed E-state index contributed by atoms with van der Waals surface area (Å²) in [5.74, 6) is 0.341. The summed E-state index contributed by atoms with van der Waals surface area (Å²) in [7, 11) is 0. The standard InChI is InChI=1S/C16H23NO2/c1-3-6-13-7-4-5-10-17(13)16(19)15-9-8-14(18)11-12(15)2/h8-9,11,13,18H,3-7,10H2,1-2H3. The van der Waals surface area contributed by atoms with Gasteiger partial charge in [0.2, 0.25) is 0 Å². The van der Waals surface area contributed by atoms with Crippen molar-refractivity contribution >= 4 is 5.91 Å². The Bertz CT molecular complexity index is 454. The summed E-state index contributed by atoms with van der Waals surface area (Å²) >= 11 is 0. The van der Waals surface area contributed by atoms with Crippen molar-refractivity contribution < 1.29 is 9.90 Å². The maximum atomic E-state index is 12.7. The third-order valence-corrected chi connectivity index (χ3v) is 3.95. The second-order valence-corrected chi connectivity index (χ2v) is 5.44. The van der Waals surface area contributed by atoms with Gasteiger partial charge in [0.1, 0.15) is 5.75 Å². The summed E-state index contributed by atoms with van der Waals surface area (Å²) in [5.41, 5.74) is 1.58. The third-order valence-electron chi connectivity index (χ3n) is 3.95. The number of likely N-dealkylation sites (tertiary alicyclic amines) is 1. The Morgan fingerprint density at radius 2 is 2.21 bits per heavy atom. The number of carbonyl (C=O) groups is 1. The zero-order valence-corrected chi connectivity index (χ0v) is 11.9. The van der Waals surface area contributed by atoms with Gasteiger partial charge < -0.3 is 10.0 Å². The summed E-state index contributed by atoms with van der Waals surface area (Å²) in [6.07, 6.45) is 5.65. The number of aromatic hydroxyl groups is 1. The van der Waals surface area contributed by atoms with E-state index in [0.717, 1.165) is 43.4 Å². The molecule has 1 atom stereocenters. The van der Waals surface area contributed by atoms with Gasteiger partial charge in [-0.15, -0.1) is 0 Å². The maximum Gasteiger partial charge on any atom is 0.254 e. The van der Waals surface area contributed by atoms with Crippen LogP contribution in [0.1, 0.15) is 54.9 Å². The van der Waals surface area contributed by atoms with Gasteiger partial charge >= 0.3 is 0 Å². The molecular weight excluding hydrogens is 238 g/mol. The van der Waals surface area contributed by atoms with E-state index in [1.165, 1.54) is 6.42 Å². The van der Waals surface area contributed by atoms with Crippen molar-refractivity contribution in [3.05, 3.63) is 29.3 Å². The molecule has 1 amide bonds. The van der Waals surface area contributed by atoms with Gasteiger partial charge in [0.25, 0.3) is 5.91 Å². The fourth-order valence-electron chi connectivity index (χ4n) is 2.94. The highest BCUT2D eigenvalue weighted by molar-refractivity contribution is 5.96. The summed E-state index contributed by atoms with van der Waals surface area (Å²) in [5, 5.41) is 9.44. The van der Waals surface area contributed by atoms with E-state index in [1.54, 1.807) is 18.2 Å². The predicted molar refractivity (Wildman–Crippen MR) is 76.4 cm³/mol. The van der Waals surface area contributed by atoms with Crippen molar-refractivity contribution in [2.75, 3.05) is 6.54 Å². The maximum absolute atomic E-state index is 12.7. The lowest BCUT2D eigenvalue weighted by Gasteiger charge is -2.36. The van der Waals surface area contributed by atoms with E-state index in [1.807, 2.05) is 11.8 Å². The Balaban J connectivity index is 2.21. The Kier molecular flexibility index (Phi) is 4.46. The first-order valence-electron chi connectivity index (χ1n) is 7.24. The molecular formula is C16H23NO2.